The Kier molecular flexibility index (Phi) is 3.30. The highest BCUT2D eigenvalue weighted by atomic mass is 32.1. The second-order valence-corrected chi connectivity index (χ2v) is 5.09. The van der Waals surface area contributed by atoms with Gasteiger partial charge in [0.2, 0.25) is 0 Å². The van der Waals surface area contributed by atoms with Crippen molar-refractivity contribution >= 4 is 23.1 Å². The van der Waals surface area contributed by atoms with E-state index >= 15 is 0 Å². The molecule has 0 radical (unpaired) electrons. The molecule has 1 amide bonds. The summed E-state index contributed by atoms with van der Waals surface area (Å²) in [6.07, 6.45) is 1.76. The Hall–Kier alpha value is -2.47. The SMILES string of the molecule is Cc1cc(NC(=O)c2ccc(-c3nccs3)cc2)no1. The number of amides is 1. The van der Waals surface area contributed by atoms with Crippen LogP contribution in [-0.2, 0) is 0 Å². The molecule has 100 valence electrons. The van der Waals surface area contributed by atoms with Crippen LogP contribution in [0.2, 0.25) is 0 Å². The minimum absolute atomic E-state index is 0.219. The normalized spacial score (nSPS) is 10.4. The third-order valence-electron chi connectivity index (χ3n) is 2.70. The molecule has 0 fully saturated rings. The fraction of sp³-hybridized carbons (Fsp3) is 0.0714. The number of aromatic nitrogens is 2. The van der Waals surface area contributed by atoms with Crippen molar-refractivity contribution in [3.05, 3.63) is 53.2 Å². The van der Waals surface area contributed by atoms with Crippen LogP contribution in [-0.4, -0.2) is 16.0 Å². The van der Waals surface area contributed by atoms with Crippen molar-refractivity contribution in [2.45, 2.75) is 6.92 Å². The van der Waals surface area contributed by atoms with Crippen molar-refractivity contribution in [1.29, 1.82) is 0 Å². The fourth-order valence-corrected chi connectivity index (χ4v) is 2.39. The number of anilines is 1. The van der Waals surface area contributed by atoms with Crippen LogP contribution in [0.1, 0.15) is 16.1 Å². The first-order valence-electron chi connectivity index (χ1n) is 5.97. The van der Waals surface area contributed by atoms with Gasteiger partial charge in [0.1, 0.15) is 10.8 Å². The second kappa shape index (κ2) is 5.26. The van der Waals surface area contributed by atoms with Crippen LogP contribution in [0, 0.1) is 6.92 Å². The van der Waals surface area contributed by atoms with Crippen LogP contribution in [0.5, 0.6) is 0 Å². The zero-order chi connectivity index (χ0) is 13.9. The minimum atomic E-state index is -0.219. The summed E-state index contributed by atoms with van der Waals surface area (Å²) in [4.78, 5) is 16.2. The Morgan fingerprint density at radius 1 is 1.30 bits per heavy atom. The van der Waals surface area contributed by atoms with Crippen molar-refractivity contribution in [1.82, 2.24) is 10.1 Å². The lowest BCUT2D eigenvalue weighted by Gasteiger charge is -2.02. The Labute approximate surface area is 119 Å². The fourth-order valence-electron chi connectivity index (χ4n) is 1.74. The van der Waals surface area contributed by atoms with Gasteiger partial charge in [0.25, 0.3) is 5.91 Å². The molecule has 0 aliphatic heterocycles. The highest BCUT2D eigenvalue weighted by Gasteiger charge is 2.09. The summed E-state index contributed by atoms with van der Waals surface area (Å²) in [5, 5.41) is 9.25. The molecule has 0 saturated heterocycles. The standard InChI is InChI=1S/C14H11N3O2S/c1-9-8-12(17-19-9)16-13(18)10-2-4-11(5-3-10)14-15-6-7-20-14/h2-8H,1H3,(H,16,17,18). The largest absolute Gasteiger partial charge is 0.360 e. The topological polar surface area (TPSA) is 68.0 Å². The number of carbonyl (C=O) groups is 1. The molecule has 3 aromatic rings. The lowest BCUT2D eigenvalue weighted by Crippen LogP contribution is -2.11. The second-order valence-electron chi connectivity index (χ2n) is 4.19. The van der Waals surface area contributed by atoms with E-state index in [-0.39, 0.29) is 5.91 Å². The average Bonchev–Trinajstić information content (AvgIpc) is 3.11. The van der Waals surface area contributed by atoms with Gasteiger partial charge in [-0.3, -0.25) is 4.79 Å². The van der Waals surface area contributed by atoms with Crippen LogP contribution in [0.25, 0.3) is 10.6 Å². The van der Waals surface area contributed by atoms with Crippen LogP contribution < -0.4 is 5.32 Å². The first-order chi connectivity index (χ1) is 9.72. The number of hydrogen-bond donors (Lipinski definition) is 1. The van der Waals surface area contributed by atoms with E-state index < -0.39 is 0 Å². The first-order valence-corrected chi connectivity index (χ1v) is 6.85. The van der Waals surface area contributed by atoms with Crippen molar-refractivity contribution in [2.75, 3.05) is 5.32 Å². The van der Waals surface area contributed by atoms with E-state index in [1.54, 1.807) is 42.7 Å². The van der Waals surface area contributed by atoms with Gasteiger partial charge >= 0.3 is 0 Å². The molecule has 3 rings (SSSR count). The average molecular weight is 285 g/mol. The number of benzene rings is 1. The first kappa shape index (κ1) is 12.6. The van der Waals surface area contributed by atoms with Crippen molar-refractivity contribution < 1.29 is 9.32 Å². The Morgan fingerprint density at radius 2 is 2.10 bits per heavy atom. The van der Waals surface area contributed by atoms with Gasteiger partial charge in [-0.15, -0.1) is 11.3 Å². The van der Waals surface area contributed by atoms with Gasteiger partial charge in [-0.1, -0.05) is 17.3 Å². The molecule has 6 heteroatoms. The highest BCUT2D eigenvalue weighted by Crippen LogP contribution is 2.22. The summed E-state index contributed by atoms with van der Waals surface area (Å²) >= 11 is 1.56. The maximum absolute atomic E-state index is 12.0. The molecule has 1 aromatic carbocycles. The smallest absolute Gasteiger partial charge is 0.256 e. The predicted octanol–water partition coefficient (Wildman–Crippen LogP) is 3.36. The maximum Gasteiger partial charge on any atom is 0.256 e. The molecule has 0 atom stereocenters. The molecule has 2 aromatic heterocycles. The van der Waals surface area contributed by atoms with E-state index in [0.717, 1.165) is 10.6 Å². The monoisotopic (exact) mass is 285 g/mol. The van der Waals surface area contributed by atoms with E-state index in [1.165, 1.54) is 0 Å². The van der Waals surface area contributed by atoms with Gasteiger partial charge in [0, 0.05) is 28.8 Å². The number of nitrogens with one attached hydrogen (secondary N) is 1. The maximum atomic E-state index is 12.0. The molecule has 0 unspecified atom stereocenters. The molecule has 0 saturated carbocycles. The number of hydrogen-bond acceptors (Lipinski definition) is 5. The van der Waals surface area contributed by atoms with E-state index in [1.807, 2.05) is 17.5 Å². The number of carbonyl (C=O) groups excluding carboxylic acids is 1. The molecule has 0 aliphatic carbocycles. The van der Waals surface area contributed by atoms with Crippen molar-refractivity contribution in [3.63, 3.8) is 0 Å². The number of aryl methyl sites for hydroxylation is 1. The van der Waals surface area contributed by atoms with E-state index in [4.69, 9.17) is 4.52 Å². The van der Waals surface area contributed by atoms with E-state index in [9.17, 15) is 4.79 Å². The summed E-state index contributed by atoms with van der Waals surface area (Å²) in [6.45, 7) is 1.77. The van der Waals surface area contributed by atoms with Crippen LogP contribution >= 0.6 is 11.3 Å². The van der Waals surface area contributed by atoms with Crippen LogP contribution in [0.15, 0.2) is 46.4 Å². The molecule has 0 aliphatic rings. The molecule has 20 heavy (non-hydrogen) atoms. The molecule has 2 heterocycles. The zero-order valence-corrected chi connectivity index (χ0v) is 11.5. The summed E-state index contributed by atoms with van der Waals surface area (Å²) in [6, 6.07) is 8.95. The molecule has 5 nitrogen and oxygen atoms in total. The van der Waals surface area contributed by atoms with Crippen molar-refractivity contribution in [3.8, 4) is 10.6 Å². The highest BCUT2D eigenvalue weighted by molar-refractivity contribution is 7.13. The van der Waals surface area contributed by atoms with Gasteiger partial charge in [0.15, 0.2) is 5.82 Å². The Morgan fingerprint density at radius 3 is 2.70 bits per heavy atom. The van der Waals surface area contributed by atoms with Crippen molar-refractivity contribution in [2.24, 2.45) is 0 Å². The van der Waals surface area contributed by atoms with Gasteiger partial charge in [-0.25, -0.2) is 4.98 Å². The lowest BCUT2D eigenvalue weighted by atomic mass is 10.1. The van der Waals surface area contributed by atoms with Crippen LogP contribution in [0.4, 0.5) is 5.82 Å². The predicted molar refractivity (Wildman–Crippen MR) is 76.7 cm³/mol. The summed E-state index contributed by atoms with van der Waals surface area (Å²) in [7, 11) is 0. The third-order valence-corrected chi connectivity index (χ3v) is 3.52. The van der Waals surface area contributed by atoms with E-state index in [0.29, 0.717) is 17.1 Å². The molecule has 1 N–H and O–H groups in total. The Bertz CT molecular complexity index is 717. The molecular formula is C14H11N3O2S. The molecular weight excluding hydrogens is 274 g/mol. The Balaban J connectivity index is 1.75. The minimum Gasteiger partial charge on any atom is -0.360 e. The summed E-state index contributed by atoms with van der Waals surface area (Å²) < 4.78 is 4.90. The molecule has 0 spiro atoms. The van der Waals surface area contributed by atoms with Crippen LogP contribution in [0.3, 0.4) is 0 Å². The lowest BCUT2D eigenvalue weighted by molar-refractivity contribution is 0.102. The van der Waals surface area contributed by atoms with Gasteiger partial charge in [-0.05, 0) is 19.1 Å². The third kappa shape index (κ3) is 2.60. The van der Waals surface area contributed by atoms with Gasteiger partial charge in [-0.2, -0.15) is 0 Å². The number of rotatable bonds is 3. The van der Waals surface area contributed by atoms with E-state index in [2.05, 4.69) is 15.5 Å². The summed E-state index contributed by atoms with van der Waals surface area (Å²) in [5.74, 6) is 0.847. The van der Waals surface area contributed by atoms with Gasteiger partial charge < -0.3 is 9.84 Å². The number of thiazole rings is 1. The zero-order valence-electron chi connectivity index (χ0n) is 10.7. The summed E-state index contributed by atoms with van der Waals surface area (Å²) in [5.41, 5.74) is 1.56. The molecule has 0 bridgehead atoms. The van der Waals surface area contributed by atoms with Gasteiger partial charge in [0.05, 0.1) is 0 Å². The quantitative estimate of drug-likeness (QED) is 0.801. The number of nitrogens with zero attached hydrogens (tertiary/aromatic N) is 2.